The number of nitrogens with one attached hydrogen (secondary N) is 5. The fourth-order valence-electron chi connectivity index (χ4n) is 7.69. The first-order valence-electron chi connectivity index (χ1n) is 20.5. The van der Waals surface area contributed by atoms with E-state index >= 15 is 0 Å². The van der Waals surface area contributed by atoms with E-state index in [-0.39, 0.29) is 56.0 Å². The number of nitrogens with zero attached hydrogens (tertiary/aromatic N) is 1. The molecule has 1 heterocycles. The number of benzene rings is 1. The van der Waals surface area contributed by atoms with Crippen LogP contribution in [-0.2, 0) is 40.5 Å². The lowest BCUT2D eigenvalue weighted by molar-refractivity contribution is -0.139. The number of aliphatic hydroxyl groups excluding tert-OH is 1. The molecule has 1 aromatic rings. The van der Waals surface area contributed by atoms with Gasteiger partial charge in [0.05, 0.1) is 30.3 Å². The standard InChI is InChI=1S/C40H70N6O8S/c1-6-7-18-34(44-36(26-31-16-12-9-13-17-31)40(50)46-23-19-32(20-24-46)54-28-53-5)39(49)45-35(25-30-14-10-8-11-15-30)37(47)27-33(29(2)3)38(48)42-21-22-43-55(51,52)41-4/h9,12-13,16-17,29-30,32-37,41,43-44,47H,6-8,10-11,14-15,18-28H2,1-5H3,(H,42,48)(H,45,49)/t33-,34-,35-,36?,37-/m0/s1. The maximum absolute atomic E-state index is 14.4. The Morgan fingerprint density at radius 1 is 0.964 bits per heavy atom. The monoisotopic (exact) mass is 794 g/mol. The van der Waals surface area contributed by atoms with Crippen LogP contribution in [0.15, 0.2) is 30.3 Å². The zero-order chi connectivity index (χ0) is 40.2. The fourth-order valence-corrected chi connectivity index (χ4v) is 8.21. The molecular formula is C40H70N6O8S. The van der Waals surface area contributed by atoms with E-state index in [2.05, 4.69) is 32.3 Å². The number of hydrogen-bond acceptors (Lipinski definition) is 9. The molecule has 0 bridgehead atoms. The quantitative estimate of drug-likeness (QED) is 0.0640. The number of unbranched alkanes of at least 4 members (excludes halogenated alkanes) is 1. The minimum absolute atomic E-state index is 0.0175. The first-order chi connectivity index (χ1) is 26.4. The van der Waals surface area contributed by atoms with Crippen LogP contribution in [0.5, 0.6) is 0 Å². The second-order valence-electron chi connectivity index (χ2n) is 15.6. The van der Waals surface area contributed by atoms with Gasteiger partial charge in [0.1, 0.15) is 6.79 Å². The molecule has 1 saturated carbocycles. The van der Waals surface area contributed by atoms with Crippen molar-refractivity contribution < 1.29 is 37.4 Å². The molecule has 15 heteroatoms. The van der Waals surface area contributed by atoms with Crippen LogP contribution in [0.3, 0.4) is 0 Å². The highest BCUT2D eigenvalue weighted by atomic mass is 32.2. The lowest BCUT2D eigenvalue weighted by Crippen LogP contribution is -2.58. The van der Waals surface area contributed by atoms with Gasteiger partial charge in [-0.3, -0.25) is 19.7 Å². The number of methoxy groups -OCH3 is 1. The smallest absolute Gasteiger partial charge is 0.276 e. The molecule has 1 unspecified atom stereocenters. The summed E-state index contributed by atoms with van der Waals surface area (Å²) in [5.41, 5.74) is 0.990. The van der Waals surface area contributed by atoms with Gasteiger partial charge < -0.3 is 30.1 Å². The predicted molar refractivity (Wildman–Crippen MR) is 214 cm³/mol. The summed E-state index contributed by atoms with van der Waals surface area (Å²) in [6, 6.07) is 7.92. The van der Waals surface area contributed by atoms with Crippen molar-refractivity contribution in [3.05, 3.63) is 35.9 Å². The van der Waals surface area contributed by atoms with Gasteiger partial charge in [0.15, 0.2) is 0 Å². The number of amides is 3. The average Bonchev–Trinajstić information content (AvgIpc) is 3.19. The summed E-state index contributed by atoms with van der Waals surface area (Å²) in [4.78, 5) is 43.8. The molecule has 0 aromatic heterocycles. The molecule has 0 spiro atoms. The predicted octanol–water partition coefficient (Wildman–Crippen LogP) is 3.01. The van der Waals surface area contributed by atoms with Gasteiger partial charge in [-0.2, -0.15) is 8.42 Å². The molecule has 1 saturated heterocycles. The van der Waals surface area contributed by atoms with Gasteiger partial charge in [0, 0.05) is 46.3 Å². The number of piperidine rings is 1. The van der Waals surface area contributed by atoms with Crippen molar-refractivity contribution in [1.29, 1.82) is 0 Å². The summed E-state index contributed by atoms with van der Waals surface area (Å²) in [5, 5.41) is 21.4. The highest BCUT2D eigenvalue weighted by molar-refractivity contribution is 7.87. The number of carbonyl (C=O) groups is 3. The van der Waals surface area contributed by atoms with Crippen molar-refractivity contribution in [3.63, 3.8) is 0 Å². The molecule has 0 radical (unpaired) electrons. The molecule has 1 aliphatic carbocycles. The molecule has 3 amide bonds. The minimum atomic E-state index is -3.63. The largest absolute Gasteiger partial charge is 0.391 e. The minimum Gasteiger partial charge on any atom is -0.391 e. The van der Waals surface area contributed by atoms with E-state index in [1.54, 1.807) is 7.11 Å². The molecule has 5 atom stereocenters. The fraction of sp³-hybridized carbons (Fsp3) is 0.775. The van der Waals surface area contributed by atoms with Crippen molar-refractivity contribution >= 4 is 27.9 Å². The van der Waals surface area contributed by atoms with E-state index in [4.69, 9.17) is 9.47 Å². The maximum Gasteiger partial charge on any atom is 0.276 e. The molecule has 55 heavy (non-hydrogen) atoms. The van der Waals surface area contributed by atoms with E-state index in [9.17, 15) is 27.9 Å². The number of ether oxygens (including phenoxy) is 2. The van der Waals surface area contributed by atoms with Gasteiger partial charge in [0.2, 0.25) is 17.7 Å². The van der Waals surface area contributed by atoms with Crippen molar-refractivity contribution in [2.75, 3.05) is 47.1 Å². The molecule has 14 nitrogen and oxygen atoms in total. The zero-order valence-electron chi connectivity index (χ0n) is 33.9. The Bertz CT molecular complexity index is 1370. The summed E-state index contributed by atoms with van der Waals surface area (Å²) >= 11 is 0. The van der Waals surface area contributed by atoms with Crippen LogP contribution in [0.4, 0.5) is 0 Å². The molecule has 2 aliphatic rings. The van der Waals surface area contributed by atoms with Crippen LogP contribution >= 0.6 is 0 Å². The van der Waals surface area contributed by atoms with Crippen LogP contribution in [0.25, 0.3) is 0 Å². The van der Waals surface area contributed by atoms with E-state index in [1.807, 2.05) is 49.1 Å². The zero-order valence-corrected chi connectivity index (χ0v) is 34.7. The van der Waals surface area contributed by atoms with Crippen molar-refractivity contribution in [1.82, 2.24) is 30.3 Å². The normalized spacial score (nSPS) is 18.7. The third-order valence-electron chi connectivity index (χ3n) is 11.0. The van der Waals surface area contributed by atoms with Crippen molar-refractivity contribution in [2.45, 2.75) is 135 Å². The second-order valence-corrected chi connectivity index (χ2v) is 17.3. The van der Waals surface area contributed by atoms with Gasteiger partial charge in [0.25, 0.3) is 10.2 Å². The third kappa shape index (κ3) is 16.8. The summed E-state index contributed by atoms with van der Waals surface area (Å²) < 4.78 is 38.8. The molecule has 2 fully saturated rings. The summed E-state index contributed by atoms with van der Waals surface area (Å²) in [6.45, 7) is 7.34. The van der Waals surface area contributed by atoms with E-state index in [0.717, 1.165) is 44.1 Å². The van der Waals surface area contributed by atoms with Gasteiger partial charge in [-0.1, -0.05) is 96.0 Å². The van der Waals surface area contributed by atoms with Gasteiger partial charge in [-0.25, -0.2) is 9.44 Å². The van der Waals surface area contributed by atoms with Crippen molar-refractivity contribution in [2.24, 2.45) is 17.8 Å². The molecule has 314 valence electrons. The molecular weight excluding hydrogens is 725 g/mol. The Hall–Kier alpha value is -2.66. The third-order valence-corrected chi connectivity index (χ3v) is 12.2. The van der Waals surface area contributed by atoms with Gasteiger partial charge >= 0.3 is 0 Å². The number of aliphatic hydroxyl groups is 1. The van der Waals surface area contributed by atoms with Crippen LogP contribution in [0.2, 0.25) is 0 Å². The topological polar surface area (TPSA) is 187 Å². The number of carbonyl (C=O) groups excluding carboxylic acids is 3. The summed E-state index contributed by atoms with van der Waals surface area (Å²) in [5.74, 6) is -0.924. The highest BCUT2D eigenvalue weighted by Crippen LogP contribution is 2.30. The van der Waals surface area contributed by atoms with Crippen LogP contribution in [0.1, 0.15) is 103 Å². The molecule has 6 N–H and O–H groups in total. The van der Waals surface area contributed by atoms with Crippen LogP contribution in [-0.4, -0.2) is 114 Å². The first-order valence-corrected chi connectivity index (χ1v) is 22.0. The lowest BCUT2D eigenvalue weighted by atomic mass is 9.81. The Morgan fingerprint density at radius 3 is 2.27 bits per heavy atom. The molecule has 3 rings (SSSR count). The highest BCUT2D eigenvalue weighted by Gasteiger charge is 2.35. The van der Waals surface area contributed by atoms with Crippen LogP contribution < -0.4 is 25.4 Å². The van der Waals surface area contributed by atoms with E-state index in [0.29, 0.717) is 51.1 Å². The number of hydrogen-bond donors (Lipinski definition) is 6. The maximum atomic E-state index is 14.4. The summed E-state index contributed by atoms with van der Waals surface area (Å²) in [6.07, 6.45) is 9.19. The van der Waals surface area contributed by atoms with E-state index in [1.165, 1.54) is 13.5 Å². The summed E-state index contributed by atoms with van der Waals surface area (Å²) in [7, 11) is -0.734. The first kappa shape index (κ1) is 46.7. The number of likely N-dealkylation sites (tertiary alicyclic amines) is 1. The van der Waals surface area contributed by atoms with Gasteiger partial charge in [-0.15, -0.1) is 0 Å². The van der Waals surface area contributed by atoms with E-state index < -0.39 is 40.4 Å². The number of rotatable bonds is 25. The molecule has 1 aliphatic heterocycles. The SMILES string of the molecule is CCCC[C@H](NC(Cc1ccccc1)C(=O)N1CCC(OCOC)CC1)C(=O)N[C@@H](CC1CCCCC1)[C@@H](O)C[C@H](C(=O)NCCNS(=O)(=O)NC)C(C)C. The molecule has 1 aromatic carbocycles. The van der Waals surface area contributed by atoms with Crippen molar-refractivity contribution in [3.8, 4) is 0 Å². The van der Waals surface area contributed by atoms with Gasteiger partial charge in [-0.05, 0) is 55.9 Å². The Kier molecular flexibility index (Phi) is 21.1. The van der Waals surface area contributed by atoms with Crippen LogP contribution in [0, 0.1) is 17.8 Å². The average molecular weight is 795 g/mol. The Labute approximate surface area is 330 Å². The Balaban J connectivity index is 1.79. The Morgan fingerprint density at radius 2 is 1.65 bits per heavy atom. The second kappa shape index (κ2) is 24.9. The lowest BCUT2D eigenvalue weighted by Gasteiger charge is -2.36.